The molecule has 0 aromatic heterocycles. The second-order valence-electron chi connectivity index (χ2n) is 4.46. The minimum Gasteiger partial charge on any atom is -0.487 e. The normalized spacial score (nSPS) is 16.8. The van der Waals surface area contributed by atoms with Crippen LogP contribution in [0.25, 0.3) is 0 Å². The molecule has 0 spiro atoms. The fourth-order valence-electron chi connectivity index (χ4n) is 1.66. The van der Waals surface area contributed by atoms with Gasteiger partial charge in [-0.1, -0.05) is 23.7 Å². The van der Waals surface area contributed by atoms with E-state index in [4.69, 9.17) is 16.3 Å². The maximum Gasteiger partial charge on any atom is 0.225 e. The third-order valence-corrected chi connectivity index (χ3v) is 3.19. The van der Waals surface area contributed by atoms with E-state index in [9.17, 15) is 4.79 Å². The Kier molecular flexibility index (Phi) is 4.44. The van der Waals surface area contributed by atoms with Crippen molar-refractivity contribution < 1.29 is 9.53 Å². The lowest BCUT2D eigenvalue weighted by atomic mass is 10.0. The highest BCUT2D eigenvalue weighted by Gasteiger charge is 2.24. The molecule has 4 nitrogen and oxygen atoms in total. The molecule has 1 fully saturated rings. The molecule has 0 saturated carbocycles. The van der Waals surface area contributed by atoms with Crippen LogP contribution >= 0.6 is 11.6 Å². The Morgan fingerprint density at radius 2 is 2.28 bits per heavy atom. The fourth-order valence-corrected chi connectivity index (χ4v) is 1.84. The van der Waals surface area contributed by atoms with Gasteiger partial charge in [0, 0.05) is 13.1 Å². The zero-order valence-electron chi connectivity index (χ0n) is 10.3. The van der Waals surface area contributed by atoms with Crippen LogP contribution in [0.3, 0.4) is 0 Å². The summed E-state index contributed by atoms with van der Waals surface area (Å²) in [6, 6.07) is 7.32. The van der Waals surface area contributed by atoms with Crippen LogP contribution in [0.15, 0.2) is 24.3 Å². The molecule has 1 aromatic rings. The monoisotopic (exact) mass is 268 g/mol. The lowest BCUT2D eigenvalue weighted by Gasteiger charge is -2.26. The van der Waals surface area contributed by atoms with Crippen molar-refractivity contribution in [2.24, 2.45) is 5.92 Å². The first-order chi connectivity index (χ1) is 8.66. The van der Waals surface area contributed by atoms with Crippen molar-refractivity contribution in [1.29, 1.82) is 0 Å². The molecule has 1 atom stereocenters. The molecule has 1 heterocycles. The van der Waals surface area contributed by atoms with E-state index in [0.29, 0.717) is 17.3 Å². The average Bonchev–Trinajstić information content (AvgIpc) is 2.27. The van der Waals surface area contributed by atoms with E-state index in [0.717, 1.165) is 13.1 Å². The molecule has 2 N–H and O–H groups in total. The Morgan fingerprint density at radius 3 is 2.89 bits per heavy atom. The zero-order valence-corrected chi connectivity index (χ0v) is 11.0. The number of rotatable bonds is 5. The van der Waals surface area contributed by atoms with Gasteiger partial charge in [0.05, 0.1) is 17.5 Å². The molecule has 0 bridgehead atoms. The molecule has 1 aromatic carbocycles. The van der Waals surface area contributed by atoms with Crippen LogP contribution in [0, 0.1) is 5.92 Å². The van der Waals surface area contributed by atoms with Gasteiger partial charge in [-0.2, -0.15) is 0 Å². The van der Waals surface area contributed by atoms with E-state index in [1.165, 1.54) is 0 Å². The van der Waals surface area contributed by atoms with Crippen molar-refractivity contribution >= 4 is 17.5 Å². The van der Waals surface area contributed by atoms with Gasteiger partial charge in [-0.3, -0.25) is 4.79 Å². The van der Waals surface area contributed by atoms with Gasteiger partial charge in [-0.25, -0.2) is 0 Å². The lowest BCUT2D eigenvalue weighted by molar-refractivity contribution is -0.126. The second-order valence-corrected chi connectivity index (χ2v) is 4.87. The number of carbonyl (C=O) groups excluding carboxylic acids is 1. The van der Waals surface area contributed by atoms with Gasteiger partial charge >= 0.3 is 0 Å². The van der Waals surface area contributed by atoms with Gasteiger partial charge in [0.15, 0.2) is 0 Å². The zero-order chi connectivity index (χ0) is 13.0. The van der Waals surface area contributed by atoms with Crippen LogP contribution in [-0.2, 0) is 4.79 Å². The Hall–Kier alpha value is -1.26. The van der Waals surface area contributed by atoms with Crippen molar-refractivity contribution in [1.82, 2.24) is 10.6 Å². The van der Waals surface area contributed by atoms with Crippen LogP contribution in [0.5, 0.6) is 5.75 Å². The highest BCUT2D eigenvalue weighted by Crippen LogP contribution is 2.23. The molecule has 0 radical (unpaired) electrons. The van der Waals surface area contributed by atoms with Crippen LogP contribution < -0.4 is 15.4 Å². The van der Waals surface area contributed by atoms with Crippen LogP contribution in [0.2, 0.25) is 5.02 Å². The maximum atomic E-state index is 11.6. The molecule has 0 aliphatic carbocycles. The van der Waals surface area contributed by atoms with Gasteiger partial charge in [0.1, 0.15) is 11.9 Å². The van der Waals surface area contributed by atoms with E-state index >= 15 is 0 Å². The number of ether oxygens (including phenoxy) is 1. The number of amides is 1. The highest BCUT2D eigenvalue weighted by molar-refractivity contribution is 6.32. The third kappa shape index (κ3) is 3.37. The second kappa shape index (κ2) is 6.07. The van der Waals surface area contributed by atoms with E-state index in [1.807, 2.05) is 25.1 Å². The number of para-hydroxylation sites is 1. The van der Waals surface area contributed by atoms with Crippen molar-refractivity contribution in [3.8, 4) is 5.75 Å². The molecule has 98 valence electrons. The summed E-state index contributed by atoms with van der Waals surface area (Å²) in [6.45, 7) is 3.93. The molecule has 5 heteroatoms. The number of carbonyl (C=O) groups is 1. The minimum absolute atomic E-state index is 0.0864. The van der Waals surface area contributed by atoms with E-state index in [-0.39, 0.29) is 17.9 Å². The molecular formula is C13H17ClN2O2. The van der Waals surface area contributed by atoms with Gasteiger partial charge in [-0.15, -0.1) is 0 Å². The molecule has 1 amide bonds. The SMILES string of the molecule is CC(CNC(=O)C1CNC1)Oc1ccccc1Cl. The number of halogens is 1. The standard InChI is InChI=1S/C13H17ClN2O2/c1-9(6-16-13(17)10-7-15-8-10)18-12-5-3-2-4-11(12)14/h2-5,9-10,15H,6-8H2,1H3,(H,16,17). The topological polar surface area (TPSA) is 50.4 Å². The quantitative estimate of drug-likeness (QED) is 0.850. The summed E-state index contributed by atoms with van der Waals surface area (Å²) < 4.78 is 5.66. The largest absolute Gasteiger partial charge is 0.487 e. The Morgan fingerprint density at radius 1 is 1.56 bits per heavy atom. The van der Waals surface area contributed by atoms with Gasteiger partial charge in [0.2, 0.25) is 5.91 Å². The summed E-state index contributed by atoms with van der Waals surface area (Å²) in [4.78, 5) is 11.6. The van der Waals surface area contributed by atoms with E-state index in [1.54, 1.807) is 6.07 Å². The number of nitrogens with one attached hydrogen (secondary N) is 2. The van der Waals surface area contributed by atoms with E-state index < -0.39 is 0 Å². The molecule has 1 saturated heterocycles. The molecule has 1 aliphatic rings. The first kappa shape index (κ1) is 13.2. The Labute approximate surface area is 112 Å². The molecule has 18 heavy (non-hydrogen) atoms. The third-order valence-electron chi connectivity index (χ3n) is 2.88. The van der Waals surface area contributed by atoms with Crippen molar-refractivity contribution in [2.75, 3.05) is 19.6 Å². The summed E-state index contributed by atoms with van der Waals surface area (Å²) in [5.74, 6) is 0.840. The average molecular weight is 269 g/mol. The molecule has 2 rings (SSSR count). The maximum absolute atomic E-state index is 11.6. The Balaban J connectivity index is 1.76. The van der Waals surface area contributed by atoms with Gasteiger partial charge < -0.3 is 15.4 Å². The van der Waals surface area contributed by atoms with Crippen molar-refractivity contribution in [3.05, 3.63) is 29.3 Å². The Bertz CT molecular complexity index is 421. The summed E-state index contributed by atoms with van der Waals surface area (Å²) >= 11 is 5.99. The summed E-state index contributed by atoms with van der Waals surface area (Å²) in [6.07, 6.45) is -0.109. The van der Waals surface area contributed by atoms with Crippen molar-refractivity contribution in [3.63, 3.8) is 0 Å². The lowest BCUT2D eigenvalue weighted by Crippen LogP contribution is -2.51. The predicted octanol–water partition coefficient (Wildman–Crippen LogP) is 1.44. The number of benzene rings is 1. The van der Waals surface area contributed by atoms with E-state index in [2.05, 4.69) is 10.6 Å². The first-order valence-electron chi connectivity index (χ1n) is 6.06. The predicted molar refractivity (Wildman–Crippen MR) is 70.9 cm³/mol. The molecule has 1 aliphatic heterocycles. The highest BCUT2D eigenvalue weighted by atomic mass is 35.5. The summed E-state index contributed by atoms with van der Waals surface area (Å²) in [5, 5.41) is 6.53. The molecule has 1 unspecified atom stereocenters. The smallest absolute Gasteiger partial charge is 0.225 e. The minimum atomic E-state index is -0.109. The number of hydrogen-bond donors (Lipinski definition) is 2. The number of hydrogen-bond acceptors (Lipinski definition) is 3. The van der Waals surface area contributed by atoms with Crippen LogP contribution in [0.1, 0.15) is 6.92 Å². The fraction of sp³-hybridized carbons (Fsp3) is 0.462. The summed E-state index contributed by atoms with van der Waals surface area (Å²) in [7, 11) is 0. The first-order valence-corrected chi connectivity index (χ1v) is 6.44. The van der Waals surface area contributed by atoms with Crippen LogP contribution in [-0.4, -0.2) is 31.6 Å². The summed E-state index contributed by atoms with van der Waals surface area (Å²) in [5.41, 5.74) is 0. The van der Waals surface area contributed by atoms with Crippen LogP contribution in [0.4, 0.5) is 0 Å². The van der Waals surface area contributed by atoms with Gasteiger partial charge in [-0.05, 0) is 19.1 Å². The van der Waals surface area contributed by atoms with Gasteiger partial charge in [0.25, 0.3) is 0 Å². The van der Waals surface area contributed by atoms with Crippen molar-refractivity contribution in [2.45, 2.75) is 13.0 Å². The molecular weight excluding hydrogens is 252 g/mol.